The Labute approximate surface area is 120 Å². The number of hydrogen-bond donors (Lipinski definition) is 1. The lowest BCUT2D eigenvalue weighted by Gasteiger charge is -2.04. The van der Waals surface area contributed by atoms with Gasteiger partial charge in [0.05, 0.1) is 11.4 Å². The van der Waals surface area contributed by atoms with Crippen LogP contribution in [0, 0.1) is 6.92 Å². The molecule has 2 heterocycles. The highest BCUT2D eigenvalue weighted by atomic mass is 32.2. The quantitative estimate of drug-likeness (QED) is 0.848. The predicted octanol–water partition coefficient (Wildman–Crippen LogP) is 1.90. The molecular formula is C14H21N3O2S. The highest BCUT2D eigenvalue weighted by molar-refractivity contribution is 7.89. The fourth-order valence-electron chi connectivity index (χ4n) is 2.02. The lowest BCUT2D eigenvalue weighted by atomic mass is 10.3. The van der Waals surface area contributed by atoms with Gasteiger partial charge in [0.25, 0.3) is 0 Å². The Balaban J connectivity index is 1.93. The third-order valence-electron chi connectivity index (χ3n) is 3.12. The minimum atomic E-state index is -3.14. The summed E-state index contributed by atoms with van der Waals surface area (Å²) in [6.45, 7) is 4.41. The van der Waals surface area contributed by atoms with E-state index in [1.807, 2.05) is 42.8 Å². The molecule has 5 nitrogen and oxygen atoms in total. The number of aryl methyl sites for hydroxylation is 1. The van der Waals surface area contributed by atoms with E-state index in [1.54, 1.807) is 0 Å². The van der Waals surface area contributed by atoms with Gasteiger partial charge in [-0.1, -0.05) is 19.4 Å². The van der Waals surface area contributed by atoms with Gasteiger partial charge in [-0.15, -0.1) is 0 Å². The molecule has 6 heteroatoms. The van der Waals surface area contributed by atoms with Gasteiger partial charge in [0.2, 0.25) is 10.0 Å². The van der Waals surface area contributed by atoms with Crippen molar-refractivity contribution >= 4 is 15.7 Å². The maximum absolute atomic E-state index is 11.7. The Morgan fingerprint density at radius 3 is 2.85 bits per heavy atom. The van der Waals surface area contributed by atoms with Gasteiger partial charge >= 0.3 is 0 Å². The van der Waals surface area contributed by atoms with E-state index >= 15 is 0 Å². The van der Waals surface area contributed by atoms with Crippen LogP contribution in [0.25, 0.3) is 5.65 Å². The van der Waals surface area contributed by atoms with Crippen molar-refractivity contribution in [3.63, 3.8) is 0 Å². The van der Waals surface area contributed by atoms with E-state index in [1.165, 1.54) is 5.56 Å². The van der Waals surface area contributed by atoms with Crippen molar-refractivity contribution < 1.29 is 8.42 Å². The molecule has 0 bridgehead atoms. The fourth-order valence-corrected chi connectivity index (χ4v) is 3.24. The fraction of sp³-hybridized carbons (Fsp3) is 0.500. The van der Waals surface area contributed by atoms with Gasteiger partial charge < -0.3 is 4.40 Å². The normalized spacial score (nSPS) is 12.1. The van der Waals surface area contributed by atoms with Crippen LogP contribution in [0.5, 0.6) is 0 Å². The van der Waals surface area contributed by atoms with Gasteiger partial charge in [-0.25, -0.2) is 18.1 Å². The summed E-state index contributed by atoms with van der Waals surface area (Å²) in [5.74, 6) is 0.202. The van der Waals surface area contributed by atoms with Crippen molar-refractivity contribution in [1.82, 2.24) is 14.1 Å². The number of unbranched alkanes of at least 4 members (excludes halogenated alkanes) is 1. The van der Waals surface area contributed by atoms with Gasteiger partial charge in [-0.05, 0) is 25.0 Å². The predicted molar refractivity (Wildman–Crippen MR) is 80.3 cm³/mol. The SMILES string of the molecule is CCCCS(=O)(=O)NCCc1cn2cc(C)ccc2n1. The average Bonchev–Trinajstić information content (AvgIpc) is 2.78. The first kappa shape index (κ1) is 15.0. The number of imidazole rings is 1. The van der Waals surface area contributed by atoms with Crippen molar-refractivity contribution in [3.8, 4) is 0 Å². The zero-order valence-corrected chi connectivity index (χ0v) is 12.8. The van der Waals surface area contributed by atoms with Crippen molar-refractivity contribution in [2.24, 2.45) is 0 Å². The van der Waals surface area contributed by atoms with E-state index < -0.39 is 10.0 Å². The lowest BCUT2D eigenvalue weighted by Crippen LogP contribution is -2.28. The van der Waals surface area contributed by atoms with E-state index in [4.69, 9.17) is 0 Å². The molecule has 0 aromatic carbocycles. The third kappa shape index (κ3) is 4.05. The summed E-state index contributed by atoms with van der Waals surface area (Å²) in [5, 5.41) is 0. The van der Waals surface area contributed by atoms with Gasteiger partial charge in [-0.3, -0.25) is 0 Å². The number of nitrogens with one attached hydrogen (secondary N) is 1. The average molecular weight is 295 g/mol. The highest BCUT2D eigenvalue weighted by Gasteiger charge is 2.09. The molecule has 0 aliphatic rings. The van der Waals surface area contributed by atoms with E-state index in [2.05, 4.69) is 9.71 Å². The zero-order valence-electron chi connectivity index (χ0n) is 12.0. The molecule has 0 atom stereocenters. The van der Waals surface area contributed by atoms with Crippen LogP contribution < -0.4 is 4.72 Å². The molecule has 2 aromatic heterocycles. The summed E-state index contributed by atoms with van der Waals surface area (Å²) in [4.78, 5) is 4.46. The Morgan fingerprint density at radius 2 is 2.10 bits per heavy atom. The minimum Gasteiger partial charge on any atom is -0.307 e. The summed E-state index contributed by atoms with van der Waals surface area (Å²) >= 11 is 0. The van der Waals surface area contributed by atoms with E-state index in [0.717, 1.165) is 17.8 Å². The monoisotopic (exact) mass is 295 g/mol. The molecule has 0 saturated heterocycles. The second-order valence-electron chi connectivity index (χ2n) is 5.02. The van der Waals surface area contributed by atoms with Crippen LogP contribution in [-0.4, -0.2) is 30.1 Å². The Hall–Kier alpha value is -1.40. The Morgan fingerprint density at radius 1 is 1.30 bits per heavy atom. The number of rotatable bonds is 7. The Kier molecular flexibility index (Phi) is 4.77. The third-order valence-corrected chi connectivity index (χ3v) is 4.59. The summed E-state index contributed by atoms with van der Waals surface area (Å²) in [6, 6.07) is 3.98. The highest BCUT2D eigenvalue weighted by Crippen LogP contribution is 2.07. The number of sulfonamides is 1. The standard InChI is InChI=1S/C14H21N3O2S/c1-3-4-9-20(18,19)15-8-7-13-11-17-10-12(2)5-6-14(17)16-13/h5-6,10-11,15H,3-4,7-9H2,1-2H3. The summed E-state index contributed by atoms with van der Waals surface area (Å²) in [5.41, 5.74) is 2.95. The zero-order chi connectivity index (χ0) is 14.6. The largest absolute Gasteiger partial charge is 0.307 e. The smallest absolute Gasteiger partial charge is 0.211 e. The molecule has 0 radical (unpaired) electrons. The number of aromatic nitrogens is 2. The minimum absolute atomic E-state index is 0.202. The number of nitrogens with zero attached hydrogens (tertiary/aromatic N) is 2. The van der Waals surface area contributed by atoms with Crippen molar-refractivity contribution in [1.29, 1.82) is 0 Å². The molecule has 0 aliphatic heterocycles. The van der Waals surface area contributed by atoms with Gasteiger partial charge in [0.15, 0.2) is 0 Å². The molecule has 0 spiro atoms. The van der Waals surface area contributed by atoms with Crippen molar-refractivity contribution in [2.75, 3.05) is 12.3 Å². The van der Waals surface area contributed by atoms with Crippen LogP contribution in [-0.2, 0) is 16.4 Å². The van der Waals surface area contributed by atoms with Gasteiger partial charge in [-0.2, -0.15) is 0 Å². The molecule has 0 unspecified atom stereocenters. The molecule has 1 N–H and O–H groups in total. The molecule has 0 saturated carbocycles. The second kappa shape index (κ2) is 6.37. The first-order chi connectivity index (χ1) is 9.50. The van der Waals surface area contributed by atoms with Crippen LogP contribution >= 0.6 is 0 Å². The molecule has 2 rings (SSSR count). The topological polar surface area (TPSA) is 63.5 Å². The van der Waals surface area contributed by atoms with Gasteiger partial charge in [0, 0.05) is 25.4 Å². The van der Waals surface area contributed by atoms with Crippen LogP contribution in [0.3, 0.4) is 0 Å². The maximum atomic E-state index is 11.7. The van der Waals surface area contributed by atoms with Crippen LogP contribution in [0.4, 0.5) is 0 Å². The van der Waals surface area contributed by atoms with E-state index in [0.29, 0.717) is 19.4 Å². The van der Waals surface area contributed by atoms with E-state index in [-0.39, 0.29) is 5.75 Å². The summed E-state index contributed by atoms with van der Waals surface area (Å²) in [6.07, 6.45) is 6.14. The second-order valence-corrected chi connectivity index (χ2v) is 6.95. The molecule has 20 heavy (non-hydrogen) atoms. The number of hydrogen-bond acceptors (Lipinski definition) is 3. The first-order valence-electron chi connectivity index (χ1n) is 6.92. The van der Waals surface area contributed by atoms with Gasteiger partial charge in [0.1, 0.15) is 5.65 Å². The Bertz CT molecular complexity index is 677. The lowest BCUT2D eigenvalue weighted by molar-refractivity contribution is 0.578. The molecule has 110 valence electrons. The number of fused-ring (bicyclic) bond motifs is 1. The molecule has 2 aromatic rings. The van der Waals surface area contributed by atoms with Crippen LogP contribution in [0.15, 0.2) is 24.5 Å². The number of pyridine rings is 1. The van der Waals surface area contributed by atoms with E-state index in [9.17, 15) is 8.42 Å². The molecule has 0 aliphatic carbocycles. The van der Waals surface area contributed by atoms with Crippen LogP contribution in [0.2, 0.25) is 0 Å². The van der Waals surface area contributed by atoms with Crippen LogP contribution in [0.1, 0.15) is 31.0 Å². The van der Waals surface area contributed by atoms with Crippen molar-refractivity contribution in [3.05, 3.63) is 35.8 Å². The maximum Gasteiger partial charge on any atom is 0.211 e. The first-order valence-corrected chi connectivity index (χ1v) is 8.57. The summed E-state index contributed by atoms with van der Waals surface area (Å²) < 4.78 is 27.9. The molecule has 0 fully saturated rings. The summed E-state index contributed by atoms with van der Waals surface area (Å²) in [7, 11) is -3.14. The molecule has 0 amide bonds. The van der Waals surface area contributed by atoms with Crippen molar-refractivity contribution in [2.45, 2.75) is 33.1 Å². The molecular weight excluding hydrogens is 274 g/mol.